The lowest BCUT2D eigenvalue weighted by Gasteiger charge is -2.08. The summed E-state index contributed by atoms with van der Waals surface area (Å²) in [6, 6.07) is 0.415. The second-order valence-electron chi connectivity index (χ2n) is 3.15. The fourth-order valence-electron chi connectivity index (χ4n) is 1.04. The Balaban J connectivity index is 3.13. The highest BCUT2D eigenvalue weighted by Crippen LogP contribution is 2.34. The molecule has 0 atom stereocenters. The Morgan fingerprint density at radius 2 is 2.18 bits per heavy atom. The summed E-state index contributed by atoms with van der Waals surface area (Å²) in [6.45, 7) is 1.91. The molecule has 0 unspecified atom stereocenters. The standard InChI is InChI=1S/C9H9F3N2O3/c1-2-3-17-8-7(14(15)16)4-6(5-13-8)9(10,11)12/h4-5H,2-3H2,1H3. The largest absolute Gasteiger partial charge is 0.473 e. The first-order chi connectivity index (χ1) is 7.86. The van der Waals surface area contributed by atoms with E-state index in [2.05, 4.69) is 4.98 Å². The Morgan fingerprint density at radius 3 is 2.65 bits per heavy atom. The van der Waals surface area contributed by atoms with Crippen LogP contribution in [0.1, 0.15) is 18.9 Å². The molecule has 0 spiro atoms. The molecule has 0 radical (unpaired) electrons. The second kappa shape index (κ2) is 4.98. The van der Waals surface area contributed by atoms with Gasteiger partial charge in [0.25, 0.3) is 5.88 Å². The highest BCUT2D eigenvalue weighted by Gasteiger charge is 2.34. The molecule has 1 heterocycles. The number of pyridine rings is 1. The molecule has 0 aromatic carbocycles. The van der Waals surface area contributed by atoms with Gasteiger partial charge in [0.15, 0.2) is 0 Å². The van der Waals surface area contributed by atoms with E-state index < -0.39 is 28.2 Å². The van der Waals surface area contributed by atoms with Crippen molar-refractivity contribution in [3.05, 3.63) is 27.9 Å². The minimum atomic E-state index is -4.67. The van der Waals surface area contributed by atoms with Crippen LogP contribution in [0.15, 0.2) is 12.3 Å². The first-order valence-electron chi connectivity index (χ1n) is 4.70. The molecule has 0 amide bonds. The van der Waals surface area contributed by atoms with Gasteiger partial charge >= 0.3 is 11.9 Å². The smallest absolute Gasteiger partial charge is 0.418 e. The number of nitro groups is 1. The normalized spacial score (nSPS) is 11.3. The first-order valence-corrected chi connectivity index (χ1v) is 4.70. The fraction of sp³-hybridized carbons (Fsp3) is 0.444. The van der Waals surface area contributed by atoms with Crippen molar-refractivity contribution in [3.63, 3.8) is 0 Å². The van der Waals surface area contributed by atoms with E-state index in [4.69, 9.17) is 4.74 Å². The summed E-state index contributed by atoms with van der Waals surface area (Å²) < 4.78 is 41.8. The van der Waals surface area contributed by atoms with Crippen LogP contribution in [0, 0.1) is 10.1 Å². The molecule has 1 rings (SSSR count). The van der Waals surface area contributed by atoms with Crippen molar-refractivity contribution in [2.24, 2.45) is 0 Å². The third kappa shape index (κ3) is 3.30. The van der Waals surface area contributed by atoms with Gasteiger partial charge in [0, 0.05) is 12.3 Å². The Kier molecular flexibility index (Phi) is 3.87. The van der Waals surface area contributed by atoms with E-state index in [1.54, 1.807) is 6.92 Å². The van der Waals surface area contributed by atoms with Gasteiger partial charge in [-0.25, -0.2) is 4.98 Å². The minimum Gasteiger partial charge on any atom is -0.473 e. The lowest BCUT2D eigenvalue weighted by atomic mass is 10.2. The van der Waals surface area contributed by atoms with E-state index in [1.807, 2.05) is 0 Å². The number of nitrogens with zero attached hydrogens (tertiary/aromatic N) is 2. The van der Waals surface area contributed by atoms with Crippen molar-refractivity contribution in [1.29, 1.82) is 0 Å². The Morgan fingerprint density at radius 1 is 1.53 bits per heavy atom. The molecule has 0 saturated heterocycles. The zero-order valence-corrected chi connectivity index (χ0v) is 8.82. The maximum absolute atomic E-state index is 12.3. The third-order valence-electron chi connectivity index (χ3n) is 1.80. The molecule has 0 fully saturated rings. The molecule has 0 bridgehead atoms. The van der Waals surface area contributed by atoms with Crippen LogP contribution in [0.4, 0.5) is 18.9 Å². The quantitative estimate of drug-likeness (QED) is 0.608. The molecule has 1 aromatic rings. The minimum absolute atomic E-state index is 0.152. The van der Waals surface area contributed by atoms with Gasteiger partial charge in [0.1, 0.15) is 0 Å². The topological polar surface area (TPSA) is 65.3 Å². The zero-order valence-electron chi connectivity index (χ0n) is 8.82. The van der Waals surface area contributed by atoms with Crippen molar-refractivity contribution in [1.82, 2.24) is 4.98 Å². The molecule has 17 heavy (non-hydrogen) atoms. The summed E-state index contributed by atoms with van der Waals surface area (Å²) in [5.74, 6) is -0.398. The number of hydrogen-bond donors (Lipinski definition) is 0. The van der Waals surface area contributed by atoms with Crippen LogP contribution >= 0.6 is 0 Å². The molecule has 8 heteroatoms. The van der Waals surface area contributed by atoms with Crippen molar-refractivity contribution >= 4 is 5.69 Å². The first kappa shape index (κ1) is 13.2. The molecule has 0 aliphatic carbocycles. The summed E-state index contributed by atoms with van der Waals surface area (Å²) in [4.78, 5) is 13.0. The van der Waals surface area contributed by atoms with Crippen molar-refractivity contribution < 1.29 is 22.8 Å². The monoisotopic (exact) mass is 250 g/mol. The van der Waals surface area contributed by atoms with Gasteiger partial charge in [-0.2, -0.15) is 13.2 Å². The average Bonchev–Trinajstić information content (AvgIpc) is 2.24. The number of ether oxygens (including phenoxy) is 1. The summed E-state index contributed by atoms with van der Waals surface area (Å²) in [5.41, 5.74) is -1.96. The lowest BCUT2D eigenvalue weighted by Crippen LogP contribution is -2.08. The molecule has 0 aliphatic rings. The van der Waals surface area contributed by atoms with Gasteiger partial charge in [-0.15, -0.1) is 0 Å². The van der Waals surface area contributed by atoms with Gasteiger partial charge in [0.2, 0.25) is 0 Å². The van der Waals surface area contributed by atoms with Crippen LogP contribution in [0.3, 0.4) is 0 Å². The second-order valence-corrected chi connectivity index (χ2v) is 3.15. The van der Waals surface area contributed by atoms with Crippen molar-refractivity contribution in [2.45, 2.75) is 19.5 Å². The van der Waals surface area contributed by atoms with Gasteiger partial charge in [-0.1, -0.05) is 6.92 Å². The number of halogens is 3. The van der Waals surface area contributed by atoms with E-state index in [0.29, 0.717) is 18.7 Å². The van der Waals surface area contributed by atoms with Crippen LogP contribution in [-0.4, -0.2) is 16.5 Å². The average molecular weight is 250 g/mol. The molecule has 0 N–H and O–H groups in total. The molecular formula is C9H9F3N2O3. The SMILES string of the molecule is CCCOc1ncc(C(F)(F)F)cc1[N+](=O)[O-]. The number of rotatable bonds is 4. The van der Waals surface area contributed by atoms with Crippen LogP contribution in [0.25, 0.3) is 0 Å². The highest BCUT2D eigenvalue weighted by molar-refractivity contribution is 5.43. The highest BCUT2D eigenvalue weighted by atomic mass is 19.4. The van der Waals surface area contributed by atoms with E-state index in [9.17, 15) is 23.3 Å². The predicted octanol–water partition coefficient (Wildman–Crippen LogP) is 2.80. The summed E-state index contributed by atoms with van der Waals surface area (Å²) in [6.07, 6.45) is -3.58. The summed E-state index contributed by atoms with van der Waals surface area (Å²) in [7, 11) is 0. The van der Waals surface area contributed by atoms with Crippen LogP contribution < -0.4 is 4.74 Å². The van der Waals surface area contributed by atoms with Crippen molar-refractivity contribution in [3.8, 4) is 5.88 Å². The van der Waals surface area contributed by atoms with E-state index >= 15 is 0 Å². The predicted molar refractivity (Wildman–Crippen MR) is 51.7 cm³/mol. The summed E-state index contributed by atoms with van der Waals surface area (Å²) in [5, 5.41) is 10.6. The van der Waals surface area contributed by atoms with Gasteiger partial charge in [-0.3, -0.25) is 10.1 Å². The third-order valence-corrected chi connectivity index (χ3v) is 1.80. The van der Waals surface area contributed by atoms with Crippen LogP contribution in [0.2, 0.25) is 0 Å². The Hall–Kier alpha value is -1.86. The van der Waals surface area contributed by atoms with E-state index in [0.717, 1.165) is 0 Å². The van der Waals surface area contributed by atoms with Crippen molar-refractivity contribution in [2.75, 3.05) is 6.61 Å². The number of hydrogen-bond acceptors (Lipinski definition) is 4. The molecule has 5 nitrogen and oxygen atoms in total. The Labute approximate surface area is 94.4 Å². The number of alkyl halides is 3. The van der Waals surface area contributed by atoms with Gasteiger partial charge in [0.05, 0.1) is 17.1 Å². The Bertz CT molecular complexity index is 420. The maximum Gasteiger partial charge on any atom is 0.418 e. The zero-order chi connectivity index (χ0) is 13.1. The molecule has 94 valence electrons. The van der Waals surface area contributed by atoms with E-state index in [-0.39, 0.29) is 6.61 Å². The summed E-state index contributed by atoms with van der Waals surface area (Å²) >= 11 is 0. The van der Waals surface area contributed by atoms with E-state index in [1.165, 1.54) is 0 Å². The van der Waals surface area contributed by atoms with Gasteiger partial charge in [-0.05, 0) is 6.42 Å². The molecule has 0 aliphatic heterocycles. The van der Waals surface area contributed by atoms with Crippen LogP contribution in [-0.2, 0) is 6.18 Å². The maximum atomic E-state index is 12.3. The fourth-order valence-corrected chi connectivity index (χ4v) is 1.04. The molecule has 1 aromatic heterocycles. The number of aromatic nitrogens is 1. The van der Waals surface area contributed by atoms with Gasteiger partial charge < -0.3 is 4.74 Å². The lowest BCUT2D eigenvalue weighted by molar-refractivity contribution is -0.386. The molecule has 0 saturated carbocycles. The van der Waals surface area contributed by atoms with Crippen LogP contribution in [0.5, 0.6) is 5.88 Å². The molecular weight excluding hydrogens is 241 g/mol.